The molecule has 0 unspecified atom stereocenters. The van der Waals surface area contributed by atoms with Crippen molar-refractivity contribution in [3.05, 3.63) is 88.7 Å². The molecule has 0 radical (unpaired) electrons. The highest BCUT2D eigenvalue weighted by Gasteiger charge is 2.14. The van der Waals surface area contributed by atoms with Gasteiger partial charge in [0.15, 0.2) is 0 Å². The van der Waals surface area contributed by atoms with Crippen molar-refractivity contribution < 1.29 is 9.47 Å². The van der Waals surface area contributed by atoms with Gasteiger partial charge in [0.25, 0.3) is 5.56 Å². The van der Waals surface area contributed by atoms with Crippen molar-refractivity contribution in [1.29, 1.82) is 0 Å². The minimum Gasteiger partial charge on any atom is -0.497 e. The molecule has 0 N–H and O–H groups in total. The van der Waals surface area contributed by atoms with E-state index in [1.165, 1.54) is 5.56 Å². The molecule has 4 aromatic rings. The van der Waals surface area contributed by atoms with E-state index in [0.29, 0.717) is 29.9 Å². The first-order valence-corrected chi connectivity index (χ1v) is 11.7. The van der Waals surface area contributed by atoms with Crippen LogP contribution in [-0.4, -0.2) is 23.3 Å². The van der Waals surface area contributed by atoms with E-state index in [-0.39, 0.29) is 11.0 Å². The van der Waals surface area contributed by atoms with Crippen LogP contribution in [0.15, 0.2) is 77.6 Å². The molecule has 34 heavy (non-hydrogen) atoms. The third kappa shape index (κ3) is 5.30. The Kier molecular flexibility index (Phi) is 7.01. The molecule has 0 aliphatic carbocycles. The SMILES string of the molecule is COc1ccc(-c2nc3ccccc3c(=O)n2CCCCOc2ccc(C(C)(C)C)cc2)cc1. The lowest BCUT2D eigenvalue weighted by atomic mass is 9.87. The molecule has 0 spiro atoms. The second-order valence-corrected chi connectivity index (χ2v) is 9.47. The van der Waals surface area contributed by atoms with Crippen LogP contribution in [0.5, 0.6) is 11.5 Å². The van der Waals surface area contributed by atoms with Gasteiger partial charge < -0.3 is 9.47 Å². The number of aromatic nitrogens is 2. The van der Waals surface area contributed by atoms with E-state index in [1.54, 1.807) is 11.7 Å². The average Bonchev–Trinajstić information content (AvgIpc) is 2.85. The summed E-state index contributed by atoms with van der Waals surface area (Å²) in [7, 11) is 1.64. The van der Waals surface area contributed by atoms with Gasteiger partial charge in [0.1, 0.15) is 17.3 Å². The number of unbranched alkanes of at least 4 members (excludes halogenated alkanes) is 1. The Bertz CT molecular complexity index is 1300. The lowest BCUT2D eigenvalue weighted by Crippen LogP contribution is -2.24. The Morgan fingerprint density at radius 1 is 0.853 bits per heavy atom. The van der Waals surface area contributed by atoms with Gasteiger partial charge in [-0.25, -0.2) is 4.98 Å². The van der Waals surface area contributed by atoms with Gasteiger partial charge in [-0.1, -0.05) is 45.0 Å². The van der Waals surface area contributed by atoms with Crippen LogP contribution in [-0.2, 0) is 12.0 Å². The van der Waals surface area contributed by atoms with Crippen LogP contribution >= 0.6 is 0 Å². The molecule has 3 aromatic carbocycles. The van der Waals surface area contributed by atoms with Crippen molar-refractivity contribution in [3.8, 4) is 22.9 Å². The summed E-state index contributed by atoms with van der Waals surface area (Å²) in [5, 5.41) is 0.634. The first-order valence-electron chi connectivity index (χ1n) is 11.7. The van der Waals surface area contributed by atoms with E-state index in [9.17, 15) is 4.79 Å². The van der Waals surface area contributed by atoms with Crippen molar-refractivity contribution in [2.24, 2.45) is 0 Å². The largest absolute Gasteiger partial charge is 0.497 e. The summed E-state index contributed by atoms with van der Waals surface area (Å²) in [5.41, 5.74) is 2.99. The molecule has 0 atom stereocenters. The van der Waals surface area contributed by atoms with E-state index in [0.717, 1.165) is 29.9 Å². The molecule has 1 aromatic heterocycles. The maximum absolute atomic E-state index is 13.3. The smallest absolute Gasteiger partial charge is 0.261 e. The van der Waals surface area contributed by atoms with E-state index >= 15 is 0 Å². The predicted molar refractivity (Wildman–Crippen MR) is 138 cm³/mol. The number of hydrogen-bond acceptors (Lipinski definition) is 4. The number of hydrogen-bond donors (Lipinski definition) is 0. The second-order valence-electron chi connectivity index (χ2n) is 9.47. The van der Waals surface area contributed by atoms with Crippen LogP contribution in [0.25, 0.3) is 22.3 Å². The van der Waals surface area contributed by atoms with Gasteiger partial charge in [0.05, 0.1) is 24.6 Å². The van der Waals surface area contributed by atoms with Gasteiger partial charge in [0.2, 0.25) is 0 Å². The Morgan fingerprint density at radius 2 is 1.53 bits per heavy atom. The number of fused-ring (bicyclic) bond motifs is 1. The fourth-order valence-electron chi connectivity index (χ4n) is 3.95. The highest BCUT2D eigenvalue weighted by atomic mass is 16.5. The fourth-order valence-corrected chi connectivity index (χ4v) is 3.95. The molecule has 4 rings (SSSR count). The van der Waals surface area contributed by atoms with Gasteiger partial charge in [-0.15, -0.1) is 0 Å². The number of para-hydroxylation sites is 1. The highest BCUT2D eigenvalue weighted by Crippen LogP contribution is 2.25. The van der Waals surface area contributed by atoms with Crippen molar-refractivity contribution in [2.45, 2.75) is 45.6 Å². The standard InChI is InChI=1S/C29H32N2O3/c1-29(2,3)22-13-17-24(18-14-22)34-20-8-7-19-31-27(21-11-15-23(33-4)16-12-21)30-26-10-6-5-9-25(26)28(31)32/h5-6,9-18H,7-8,19-20H2,1-4H3. The molecule has 0 bridgehead atoms. The molecule has 5 heteroatoms. The molecule has 0 aliphatic heterocycles. The Hall–Kier alpha value is -3.60. The summed E-state index contributed by atoms with van der Waals surface area (Å²) in [5.74, 6) is 2.31. The molecule has 176 valence electrons. The fraction of sp³-hybridized carbons (Fsp3) is 0.310. The minimum atomic E-state index is -0.0184. The van der Waals surface area contributed by atoms with Crippen molar-refractivity contribution in [2.75, 3.05) is 13.7 Å². The summed E-state index contributed by atoms with van der Waals surface area (Å²) >= 11 is 0. The summed E-state index contributed by atoms with van der Waals surface area (Å²) in [4.78, 5) is 18.1. The average molecular weight is 457 g/mol. The molecule has 5 nitrogen and oxygen atoms in total. The van der Waals surface area contributed by atoms with Gasteiger partial charge in [-0.05, 0) is 72.4 Å². The van der Waals surface area contributed by atoms with Crippen molar-refractivity contribution in [3.63, 3.8) is 0 Å². The van der Waals surface area contributed by atoms with Crippen LogP contribution < -0.4 is 15.0 Å². The minimum absolute atomic E-state index is 0.0184. The summed E-state index contributed by atoms with van der Waals surface area (Å²) < 4.78 is 13.0. The second kappa shape index (κ2) is 10.1. The molecule has 0 saturated carbocycles. The number of nitrogens with zero attached hydrogens (tertiary/aromatic N) is 2. The molecule has 0 fully saturated rings. The predicted octanol–water partition coefficient (Wildman–Crippen LogP) is 6.23. The van der Waals surface area contributed by atoms with E-state index in [2.05, 4.69) is 32.9 Å². The van der Waals surface area contributed by atoms with E-state index in [1.807, 2.05) is 60.7 Å². The van der Waals surface area contributed by atoms with Crippen LogP contribution in [0.3, 0.4) is 0 Å². The maximum atomic E-state index is 13.3. The number of methoxy groups -OCH3 is 1. The summed E-state index contributed by atoms with van der Waals surface area (Å²) in [6, 6.07) is 23.5. The number of ether oxygens (including phenoxy) is 2. The summed E-state index contributed by atoms with van der Waals surface area (Å²) in [6.45, 7) is 7.78. The van der Waals surface area contributed by atoms with Crippen LogP contribution in [0.1, 0.15) is 39.2 Å². The van der Waals surface area contributed by atoms with E-state index < -0.39 is 0 Å². The van der Waals surface area contributed by atoms with Crippen LogP contribution in [0.2, 0.25) is 0 Å². The van der Waals surface area contributed by atoms with Crippen molar-refractivity contribution >= 4 is 10.9 Å². The lowest BCUT2D eigenvalue weighted by molar-refractivity contribution is 0.303. The zero-order valence-corrected chi connectivity index (χ0v) is 20.4. The van der Waals surface area contributed by atoms with Crippen molar-refractivity contribution in [1.82, 2.24) is 9.55 Å². The quantitative estimate of drug-likeness (QED) is 0.295. The highest BCUT2D eigenvalue weighted by molar-refractivity contribution is 5.79. The normalized spacial score (nSPS) is 11.5. The van der Waals surface area contributed by atoms with Gasteiger partial charge in [0, 0.05) is 12.1 Å². The number of rotatable bonds is 8. The third-order valence-corrected chi connectivity index (χ3v) is 5.97. The number of benzene rings is 3. The Balaban J connectivity index is 1.47. The van der Waals surface area contributed by atoms with Crippen LogP contribution in [0, 0.1) is 0 Å². The van der Waals surface area contributed by atoms with Gasteiger partial charge in [-0.3, -0.25) is 9.36 Å². The molecule has 0 amide bonds. The third-order valence-electron chi connectivity index (χ3n) is 5.97. The van der Waals surface area contributed by atoms with Crippen LogP contribution in [0.4, 0.5) is 0 Å². The zero-order valence-electron chi connectivity index (χ0n) is 20.4. The maximum Gasteiger partial charge on any atom is 0.261 e. The van der Waals surface area contributed by atoms with E-state index in [4.69, 9.17) is 14.5 Å². The Labute approximate surface area is 201 Å². The first-order chi connectivity index (χ1) is 16.4. The molecule has 0 aliphatic rings. The Morgan fingerprint density at radius 3 is 2.21 bits per heavy atom. The lowest BCUT2D eigenvalue weighted by Gasteiger charge is -2.19. The molecule has 0 saturated heterocycles. The topological polar surface area (TPSA) is 53.3 Å². The molecule has 1 heterocycles. The first kappa shape index (κ1) is 23.6. The monoisotopic (exact) mass is 456 g/mol. The summed E-state index contributed by atoms with van der Waals surface area (Å²) in [6.07, 6.45) is 1.64. The zero-order chi connectivity index (χ0) is 24.1. The van der Waals surface area contributed by atoms with Gasteiger partial charge in [-0.2, -0.15) is 0 Å². The molecular formula is C29H32N2O3. The van der Waals surface area contributed by atoms with Gasteiger partial charge >= 0.3 is 0 Å². The molecular weight excluding hydrogens is 424 g/mol.